The van der Waals surface area contributed by atoms with Gasteiger partial charge in [-0.05, 0) is 62.8 Å². The van der Waals surface area contributed by atoms with E-state index in [1.807, 2.05) is 13.0 Å². The number of aryl methyl sites for hydroxylation is 1. The molecule has 110 valence electrons. The summed E-state index contributed by atoms with van der Waals surface area (Å²) in [6, 6.07) is 6.29. The van der Waals surface area contributed by atoms with Gasteiger partial charge in [0.05, 0.1) is 12.3 Å². The summed E-state index contributed by atoms with van der Waals surface area (Å²) in [6.45, 7) is 3.37. The first kappa shape index (κ1) is 15.4. The topological polar surface area (TPSA) is 30.8 Å². The Hall–Kier alpha value is -1.03. The van der Waals surface area contributed by atoms with Crippen molar-refractivity contribution in [1.29, 1.82) is 0 Å². The summed E-state index contributed by atoms with van der Waals surface area (Å²) >= 11 is 3.44. The van der Waals surface area contributed by atoms with Crippen molar-refractivity contribution in [3.63, 3.8) is 0 Å². The minimum Gasteiger partial charge on any atom is -0.494 e. The molecule has 1 aromatic carbocycles. The van der Waals surface area contributed by atoms with E-state index >= 15 is 0 Å². The molecule has 0 unspecified atom stereocenters. The molecule has 0 heterocycles. The summed E-state index contributed by atoms with van der Waals surface area (Å²) in [6.07, 6.45) is 5.53. The second-order valence-electron chi connectivity index (χ2n) is 4.87. The van der Waals surface area contributed by atoms with Crippen LogP contribution in [0.25, 0.3) is 0 Å². The molecular formula is C16H22BrNO2. The van der Waals surface area contributed by atoms with Gasteiger partial charge in [0.15, 0.2) is 0 Å². The van der Waals surface area contributed by atoms with Gasteiger partial charge in [0.25, 0.3) is 0 Å². The smallest absolute Gasteiger partial charge is 0.119 e. The van der Waals surface area contributed by atoms with Gasteiger partial charge in [-0.15, -0.1) is 0 Å². The highest BCUT2D eigenvalue weighted by Gasteiger charge is 2.18. The Balaban J connectivity index is 1.89. The highest BCUT2D eigenvalue weighted by molar-refractivity contribution is 9.09. The SMILES string of the molecule is CCO/N=C1\CCc2cc(OCCCCCBr)ccc21. The molecule has 0 N–H and O–H groups in total. The second-order valence-corrected chi connectivity index (χ2v) is 5.67. The number of oxime groups is 1. The van der Waals surface area contributed by atoms with Crippen LogP contribution < -0.4 is 4.74 Å². The van der Waals surface area contributed by atoms with Gasteiger partial charge in [-0.3, -0.25) is 0 Å². The van der Waals surface area contributed by atoms with E-state index in [1.165, 1.54) is 24.0 Å². The molecule has 0 radical (unpaired) electrons. The molecule has 1 aromatic rings. The maximum Gasteiger partial charge on any atom is 0.119 e. The van der Waals surface area contributed by atoms with Crippen molar-refractivity contribution in [3.05, 3.63) is 29.3 Å². The number of benzene rings is 1. The minimum atomic E-state index is 0.619. The maximum atomic E-state index is 5.81. The van der Waals surface area contributed by atoms with Crippen LogP contribution in [0.15, 0.2) is 23.4 Å². The van der Waals surface area contributed by atoms with Gasteiger partial charge >= 0.3 is 0 Å². The van der Waals surface area contributed by atoms with Gasteiger partial charge in [0, 0.05) is 10.9 Å². The van der Waals surface area contributed by atoms with E-state index in [1.54, 1.807) is 0 Å². The number of fused-ring (bicyclic) bond motifs is 1. The third kappa shape index (κ3) is 4.23. The number of unbranched alkanes of at least 4 members (excludes halogenated alkanes) is 2. The molecule has 0 atom stereocenters. The van der Waals surface area contributed by atoms with Crippen LogP contribution in [0, 0.1) is 0 Å². The first-order chi connectivity index (χ1) is 9.85. The lowest BCUT2D eigenvalue weighted by Gasteiger charge is -2.08. The number of nitrogens with zero attached hydrogens (tertiary/aromatic N) is 1. The zero-order valence-corrected chi connectivity index (χ0v) is 13.6. The molecule has 0 amide bonds. The summed E-state index contributed by atoms with van der Waals surface area (Å²) in [7, 11) is 0. The lowest BCUT2D eigenvalue weighted by Crippen LogP contribution is -1.99. The van der Waals surface area contributed by atoms with Crippen LogP contribution in [0.3, 0.4) is 0 Å². The van der Waals surface area contributed by atoms with E-state index < -0.39 is 0 Å². The first-order valence-corrected chi connectivity index (χ1v) is 8.48. The van der Waals surface area contributed by atoms with E-state index in [-0.39, 0.29) is 0 Å². The number of rotatable bonds is 8. The van der Waals surface area contributed by atoms with Crippen LogP contribution in [0.1, 0.15) is 43.7 Å². The molecule has 0 saturated carbocycles. The Labute approximate surface area is 129 Å². The fourth-order valence-corrected chi connectivity index (χ4v) is 2.73. The van der Waals surface area contributed by atoms with E-state index in [4.69, 9.17) is 9.57 Å². The standard InChI is InChI=1S/C16H22BrNO2/c1-2-20-18-16-9-6-13-12-14(7-8-15(13)16)19-11-5-3-4-10-17/h7-8,12H,2-6,9-11H2,1H3/b18-16+. The fraction of sp³-hybridized carbons (Fsp3) is 0.562. The van der Waals surface area contributed by atoms with Crippen LogP contribution >= 0.6 is 15.9 Å². The lowest BCUT2D eigenvalue weighted by molar-refractivity contribution is 0.158. The van der Waals surface area contributed by atoms with Gasteiger partial charge in [0.2, 0.25) is 0 Å². The van der Waals surface area contributed by atoms with E-state index in [9.17, 15) is 0 Å². The summed E-state index contributed by atoms with van der Waals surface area (Å²) in [5.41, 5.74) is 3.59. The molecular weight excluding hydrogens is 318 g/mol. The van der Waals surface area contributed by atoms with Crippen LogP contribution in [0.5, 0.6) is 5.75 Å². The molecule has 0 bridgehead atoms. The minimum absolute atomic E-state index is 0.619. The summed E-state index contributed by atoms with van der Waals surface area (Å²) in [4.78, 5) is 5.16. The number of hydrogen-bond donors (Lipinski definition) is 0. The Morgan fingerprint density at radius 3 is 2.90 bits per heavy atom. The van der Waals surface area contributed by atoms with E-state index in [2.05, 4.69) is 33.2 Å². The zero-order valence-electron chi connectivity index (χ0n) is 12.0. The number of alkyl halides is 1. The fourth-order valence-electron chi connectivity index (χ4n) is 2.34. The van der Waals surface area contributed by atoms with Crippen molar-refractivity contribution in [2.75, 3.05) is 18.5 Å². The molecule has 0 aliphatic heterocycles. The van der Waals surface area contributed by atoms with Crippen molar-refractivity contribution in [1.82, 2.24) is 0 Å². The van der Waals surface area contributed by atoms with Crippen LogP contribution in [-0.4, -0.2) is 24.3 Å². The maximum absolute atomic E-state index is 5.81. The number of halogens is 1. The number of ether oxygens (including phenoxy) is 1. The van der Waals surface area contributed by atoms with E-state index in [0.29, 0.717) is 6.61 Å². The van der Waals surface area contributed by atoms with Crippen molar-refractivity contribution >= 4 is 21.6 Å². The quantitative estimate of drug-likeness (QED) is 0.401. The van der Waals surface area contributed by atoms with Gasteiger partial charge in [-0.2, -0.15) is 0 Å². The molecule has 2 rings (SSSR count). The van der Waals surface area contributed by atoms with Crippen molar-refractivity contribution in [2.24, 2.45) is 5.16 Å². The monoisotopic (exact) mass is 339 g/mol. The highest BCUT2D eigenvalue weighted by Crippen LogP contribution is 2.27. The van der Waals surface area contributed by atoms with Crippen molar-refractivity contribution < 1.29 is 9.57 Å². The second kappa shape index (κ2) is 8.30. The lowest BCUT2D eigenvalue weighted by atomic mass is 10.1. The van der Waals surface area contributed by atoms with Gasteiger partial charge in [-0.25, -0.2) is 0 Å². The van der Waals surface area contributed by atoms with Gasteiger partial charge in [-0.1, -0.05) is 21.1 Å². The van der Waals surface area contributed by atoms with Crippen LogP contribution in [0.4, 0.5) is 0 Å². The van der Waals surface area contributed by atoms with Gasteiger partial charge < -0.3 is 9.57 Å². The molecule has 1 aliphatic rings. The third-order valence-electron chi connectivity index (χ3n) is 3.37. The van der Waals surface area contributed by atoms with Crippen molar-refractivity contribution in [3.8, 4) is 5.75 Å². The summed E-state index contributed by atoms with van der Waals surface area (Å²) in [5.74, 6) is 0.972. The Morgan fingerprint density at radius 2 is 2.10 bits per heavy atom. The van der Waals surface area contributed by atoms with Crippen LogP contribution in [-0.2, 0) is 11.3 Å². The molecule has 0 saturated heterocycles. The molecule has 0 aromatic heterocycles. The predicted molar refractivity (Wildman–Crippen MR) is 86.1 cm³/mol. The molecule has 4 heteroatoms. The van der Waals surface area contributed by atoms with E-state index in [0.717, 1.165) is 42.7 Å². The molecule has 3 nitrogen and oxygen atoms in total. The average Bonchev–Trinajstić information content (AvgIpc) is 2.87. The molecule has 0 spiro atoms. The summed E-state index contributed by atoms with van der Waals surface area (Å²) in [5, 5.41) is 5.26. The average molecular weight is 340 g/mol. The van der Waals surface area contributed by atoms with Crippen LogP contribution in [0.2, 0.25) is 0 Å². The Morgan fingerprint density at radius 1 is 1.20 bits per heavy atom. The third-order valence-corrected chi connectivity index (χ3v) is 3.93. The first-order valence-electron chi connectivity index (χ1n) is 7.36. The van der Waals surface area contributed by atoms with Crippen molar-refractivity contribution in [2.45, 2.75) is 39.0 Å². The highest BCUT2D eigenvalue weighted by atomic mass is 79.9. The molecule has 20 heavy (non-hydrogen) atoms. The Bertz CT molecular complexity index is 460. The largest absolute Gasteiger partial charge is 0.494 e. The summed E-state index contributed by atoms with van der Waals surface area (Å²) < 4.78 is 5.81. The zero-order chi connectivity index (χ0) is 14.2. The normalized spacial score (nSPS) is 15.4. The Kier molecular flexibility index (Phi) is 6.37. The number of hydrogen-bond acceptors (Lipinski definition) is 3. The molecule has 1 aliphatic carbocycles. The predicted octanol–water partition coefficient (Wildman–Crippen LogP) is 4.32. The molecule has 0 fully saturated rings. The van der Waals surface area contributed by atoms with Gasteiger partial charge in [0.1, 0.15) is 12.4 Å².